The molecule has 0 saturated heterocycles. The number of nitrogens with two attached hydrogens (primary N) is 1. The van der Waals surface area contributed by atoms with Gasteiger partial charge in [-0.1, -0.05) is 48.0 Å². The number of hydrogen-bond donors (Lipinski definition) is 1. The second kappa shape index (κ2) is 5.14. The normalized spacial score (nSPS) is 12.4. The van der Waals surface area contributed by atoms with Crippen LogP contribution in [-0.4, -0.2) is 6.54 Å². The van der Waals surface area contributed by atoms with Crippen LogP contribution in [0.4, 0.5) is 0 Å². The highest BCUT2D eigenvalue weighted by atomic mass is 16.3. The van der Waals surface area contributed by atoms with Gasteiger partial charge in [0.15, 0.2) is 0 Å². The highest BCUT2D eigenvalue weighted by Crippen LogP contribution is 2.32. The van der Waals surface area contributed by atoms with Crippen LogP contribution in [0, 0.1) is 6.92 Å². The minimum absolute atomic E-state index is 0.606. The largest absolute Gasteiger partial charge is 0.455 e. The number of rotatable bonds is 3. The fraction of sp³-hybridized carbons (Fsp3) is 0.222. The van der Waals surface area contributed by atoms with E-state index >= 15 is 0 Å². The topological polar surface area (TPSA) is 39.2 Å². The first-order chi connectivity index (χ1) is 9.70. The Morgan fingerprint density at radius 1 is 1.10 bits per heavy atom. The molecule has 0 saturated carbocycles. The minimum atomic E-state index is 0.606. The Kier molecular flexibility index (Phi) is 3.33. The highest BCUT2D eigenvalue weighted by molar-refractivity contribution is 6.06. The van der Waals surface area contributed by atoms with E-state index in [0.29, 0.717) is 6.54 Å². The molecule has 102 valence electrons. The van der Waals surface area contributed by atoms with Gasteiger partial charge in [-0.3, -0.25) is 0 Å². The predicted octanol–water partition coefficient (Wildman–Crippen LogP) is 4.34. The van der Waals surface area contributed by atoms with E-state index in [1.54, 1.807) is 0 Å². The molecule has 3 rings (SSSR count). The third kappa shape index (κ3) is 2.12. The zero-order chi connectivity index (χ0) is 14.1. The average Bonchev–Trinajstić information content (AvgIpc) is 2.85. The molecule has 0 spiro atoms. The monoisotopic (exact) mass is 265 g/mol. The number of fused-ring (bicyclic) bond motifs is 3. The van der Waals surface area contributed by atoms with Crippen LogP contribution in [0.1, 0.15) is 18.1 Å². The van der Waals surface area contributed by atoms with E-state index in [0.717, 1.165) is 17.6 Å². The van der Waals surface area contributed by atoms with Crippen molar-refractivity contribution in [1.82, 2.24) is 0 Å². The van der Waals surface area contributed by atoms with Crippen LogP contribution in [0.5, 0.6) is 0 Å². The van der Waals surface area contributed by atoms with Crippen molar-refractivity contribution in [2.24, 2.45) is 5.73 Å². The fourth-order valence-electron chi connectivity index (χ4n) is 2.55. The van der Waals surface area contributed by atoms with E-state index in [4.69, 9.17) is 10.2 Å². The van der Waals surface area contributed by atoms with Crippen LogP contribution in [0.3, 0.4) is 0 Å². The molecule has 2 nitrogen and oxygen atoms in total. The number of hydrogen-bond acceptors (Lipinski definition) is 2. The van der Waals surface area contributed by atoms with Crippen molar-refractivity contribution in [2.45, 2.75) is 20.3 Å². The van der Waals surface area contributed by atoms with Crippen molar-refractivity contribution in [3.05, 3.63) is 59.2 Å². The first-order valence-electron chi connectivity index (χ1n) is 6.96. The SMILES string of the molecule is C/C(=C/Cc1cccc2c1oc1c(C)cccc12)CN. The van der Waals surface area contributed by atoms with Gasteiger partial charge in [0.25, 0.3) is 0 Å². The van der Waals surface area contributed by atoms with E-state index in [1.807, 2.05) is 0 Å². The molecule has 0 atom stereocenters. The van der Waals surface area contributed by atoms with E-state index in [9.17, 15) is 0 Å². The summed E-state index contributed by atoms with van der Waals surface area (Å²) in [5.74, 6) is 0. The smallest absolute Gasteiger partial charge is 0.138 e. The predicted molar refractivity (Wildman–Crippen MR) is 85.0 cm³/mol. The van der Waals surface area contributed by atoms with Crippen molar-refractivity contribution >= 4 is 21.9 Å². The van der Waals surface area contributed by atoms with Crippen LogP contribution in [0.15, 0.2) is 52.5 Å². The Hall–Kier alpha value is -2.06. The standard InChI is InChI=1S/C18H19NO/c1-12(11-19)9-10-14-6-4-8-16-15-7-3-5-13(2)17(15)20-18(14)16/h3-9H,10-11,19H2,1-2H3/b12-9-. The molecule has 0 fully saturated rings. The van der Waals surface area contributed by atoms with Crippen LogP contribution >= 0.6 is 0 Å². The quantitative estimate of drug-likeness (QED) is 0.715. The molecule has 2 heteroatoms. The van der Waals surface area contributed by atoms with Gasteiger partial charge >= 0.3 is 0 Å². The summed E-state index contributed by atoms with van der Waals surface area (Å²) in [6.07, 6.45) is 3.04. The van der Waals surface area contributed by atoms with Crippen molar-refractivity contribution in [3.8, 4) is 0 Å². The lowest BCUT2D eigenvalue weighted by atomic mass is 10.0. The summed E-state index contributed by atoms with van der Waals surface area (Å²) in [4.78, 5) is 0. The molecule has 0 aliphatic heterocycles. The summed E-state index contributed by atoms with van der Waals surface area (Å²) >= 11 is 0. The van der Waals surface area contributed by atoms with Crippen LogP contribution < -0.4 is 5.73 Å². The zero-order valence-electron chi connectivity index (χ0n) is 11.9. The molecule has 0 aliphatic carbocycles. The first-order valence-corrected chi connectivity index (χ1v) is 6.96. The second-order valence-corrected chi connectivity index (χ2v) is 5.31. The van der Waals surface area contributed by atoms with Gasteiger partial charge in [0.1, 0.15) is 11.2 Å². The lowest BCUT2D eigenvalue weighted by molar-refractivity contribution is 0.661. The summed E-state index contributed by atoms with van der Waals surface area (Å²) in [5, 5.41) is 2.39. The fourth-order valence-corrected chi connectivity index (χ4v) is 2.55. The number of allylic oxidation sites excluding steroid dienone is 1. The van der Waals surface area contributed by atoms with Gasteiger partial charge < -0.3 is 10.2 Å². The number of furan rings is 1. The molecule has 1 heterocycles. The van der Waals surface area contributed by atoms with Gasteiger partial charge in [0.05, 0.1) is 0 Å². The Labute approximate surface area is 118 Å². The summed E-state index contributed by atoms with van der Waals surface area (Å²) in [5.41, 5.74) is 11.2. The molecule has 0 amide bonds. The summed E-state index contributed by atoms with van der Waals surface area (Å²) in [6, 6.07) is 12.6. The zero-order valence-corrected chi connectivity index (χ0v) is 11.9. The minimum Gasteiger partial charge on any atom is -0.455 e. The Bertz CT molecular complexity index is 796. The third-order valence-electron chi connectivity index (χ3n) is 3.80. The third-order valence-corrected chi connectivity index (χ3v) is 3.80. The lowest BCUT2D eigenvalue weighted by Gasteiger charge is -2.00. The van der Waals surface area contributed by atoms with Crippen molar-refractivity contribution in [1.29, 1.82) is 0 Å². The maximum Gasteiger partial charge on any atom is 0.138 e. The summed E-state index contributed by atoms with van der Waals surface area (Å²) < 4.78 is 6.12. The number of aryl methyl sites for hydroxylation is 1. The van der Waals surface area contributed by atoms with Crippen molar-refractivity contribution < 1.29 is 4.42 Å². The number of benzene rings is 2. The molecule has 0 aliphatic rings. The summed E-state index contributed by atoms with van der Waals surface area (Å²) in [6.45, 7) is 4.75. The van der Waals surface area contributed by atoms with E-state index in [-0.39, 0.29) is 0 Å². The van der Waals surface area contributed by atoms with Gasteiger partial charge in [0, 0.05) is 17.3 Å². The van der Waals surface area contributed by atoms with Crippen molar-refractivity contribution in [2.75, 3.05) is 6.54 Å². The van der Waals surface area contributed by atoms with Crippen LogP contribution in [0.25, 0.3) is 21.9 Å². The van der Waals surface area contributed by atoms with E-state index in [2.05, 4.69) is 56.3 Å². The molecular weight excluding hydrogens is 246 g/mol. The molecule has 2 N–H and O–H groups in total. The Morgan fingerprint density at radius 2 is 1.80 bits per heavy atom. The molecule has 3 aromatic rings. The molecule has 20 heavy (non-hydrogen) atoms. The van der Waals surface area contributed by atoms with E-state index in [1.165, 1.54) is 27.5 Å². The van der Waals surface area contributed by atoms with Gasteiger partial charge in [-0.15, -0.1) is 0 Å². The number of para-hydroxylation sites is 2. The van der Waals surface area contributed by atoms with Crippen LogP contribution in [0.2, 0.25) is 0 Å². The van der Waals surface area contributed by atoms with Gasteiger partial charge in [-0.25, -0.2) is 0 Å². The molecule has 1 aromatic heterocycles. The lowest BCUT2D eigenvalue weighted by Crippen LogP contribution is -2.00. The Balaban J connectivity index is 2.19. The van der Waals surface area contributed by atoms with Gasteiger partial charge in [0.2, 0.25) is 0 Å². The summed E-state index contributed by atoms with van der Waals surface area (Å²) in [7, 11) is 0. The Morgan fingerprint density at radius 3 is 2.55 bits per heavy atom. The second-order valence-electron chi connectivity index (χ2n) is 5.31. The highest BCUT2D eigenvalue weighted by Gasteiger charge is 2.11. The first kappa shape index (κ1) is 12.9. The average molecular weight is 265 g/mol. The molecule has 2 aromatic carbocycles. The van der Waals surface area contributed by atoms with Crippen molar-refractivity contribution in [3.63, 3.8) is 0 Å². The van der Waals surface area contributed by atoms with Gasteiger partial charge in [-0.05, 0) is 31.4 Å². The molecule has 0 bridgehead atoms. The van der Waals surface area contributed by atoms with E-state index < -0.39 is 0 Å². The van der Waals surface area contributed by atoms with Crippen LogP contribution in [-0.2, 0) is 6.42 Å². The molecule has 0 radical (unpaired) electrons. The van der Waals surface area contributed by atoms with Gasteiger partial charge in [-0.2, -0.15) is 0 Å². The molecule has 0 unspecified atom stereocenters. The maximum absolute atomic E-state index is 6.12. The maximum atomic E-state index is 6.12. The molecular formula is C18H19NO.